The summed E-state index contributed by atoms with van der Waals surface area (Å²) in [5, 5.41) is 10.5. The maximum atomic E-state index is 10.5. The average Bonchev–Trinajstić information content (AvgIpc) is 2.52. The molecule has 0 radical (unpaired) electrons. The molecule has 2 nitrogen and oxygen atoms in total. The summed E-state index contributed by atoms with van der Waals surface area (Å²) in [4.78, 5) is 2.35. The standard InChI is InChI=1S/C20H27NO/c1-4-12-21(14-19-13-16(2)10-11-17(19)3)15-20(22)18-8-6-5-7-9-18/h5-11,13,20,22H,4,12,14-15H2,1-3H3/t20-/m1/s1. The summed E-state index contributed by atoms with van der Waals surface area (Å²) in [7, 11) is 0. The normalized spacial score (nSPS) is 12.6. The highest BCUT2D eigenvalue weighted by atomic mass is 16.3. The number of hydrogen-bond donors (Lipinski definition) is 1. The van der Waals surface area contributed by atoms with Gasteiger partial charge in [-0.05, 0) is 43.5 Å². The molecule has 0 aliphatic heterocycles. The summed E-state index contributed by atoms with van der Waals surface area (Å²) in [6, 6.07) is 16.5. The van der Waals surface area contributed by atoms with Crippen LogP contribution in [0.3, 0.4) is 0 Å². The van der Waals surface area contributed by atoms with Crippen molar-refractivity contribution in [2.24, 2.45) is 0 Å². The topological polar surface area (TPSA) is 23.5 Å². The highest BCUT2D eigenvalue weighted by Gasteiger charge is 2.14. The fourth-order valence-electron chi connectivity index (χ4n) is 2.79. The molecule has 0 spiro atoms. The van der Waals surface area contributed by atoms with Gasteiger partial charge >= 0.3 is 0 Å². The first-order valence-corrected chi connectivity index (χ1v) is 8.11. The predicted molar refractivity (Wildman–Crippen MR) is 92.9 cm³/mol. The molecule has 118 valence electrons. The van der Waals surface area contributed by atoms with Gasteiger partial charge in [0, 0.05) is 13.1 Å². The van der Waals surface area contributed by atoms with E-state index in [1.165, 1.54) is 16.7 Å². The molecule has 2 aromatic rings. The number of nitrogens with zero attached hydrogens (tertiary/aromatic N) is 1. The second-order valence-electron chi connectivity index (χ2n) is 6.09. The zero-order chi connectivity index (χ0) is 15.9. The van der Waals surface area contributed by atoms with E-state index in [9.17, 15) is 5.11 Å². The Labute approximate surface area is 134 Å². The van der Waals surface area contributed by atoms with Crippen molar-refractivity contribution in [1.82, 2.24) is 4.90 Å². The number of benzene rings is 2. The number of aliphatic hydroxyl groups excluding tert-OH is 1. The van der Waals surface area contributed by atoms with E-state index in [-0.39, 0.29) is 0 Å². The molecular formula is C20H27NO. The van der Waals surface area contributed by atoms with Gasteiger partial charge in [-0.25, -0.2) is 0 Å². The number of rotatable bonds is 7. The van der Waals surface area contributed by atoms with Crippen molar-refractivity contribution in [2.45, 2.75) is 39.8 Å². The van der Waals surface area contributed by atoms with Crippen LogP contribution in [-0.4, -0.2) is 23.1 Å². The van der Waals surface area contributed by atoms with Gasteiger partial charge < -0.3 is 5.11 Å². The van der Waals surface area contributed by atoms with Gasteiger partial charge in [0.05, 0.1) is 6.10 Å². The van der Waals surface area contributed by atoms with Crippen molar-refractivity contribution < 1.29 is 5.11 Å². The van der Waals surface area contributed by atoms with Crippen molar-refractivity contribution in [3.05, 3.63) is 70.8 Å². The quantitative estimate of drug-likeness (QED) is 0.826. The minimum Gasteiger partial charge on any atom is -0.387 e. The molecule has 0 heterocycles. The Balaban J connectivity index is 2.08. The maximum Gasteiger partial charge on any atom is 0.0917 e. The Morgan fingerprint density at radius 1 is 1.05 bits per heavy atom. The smallest absolute Gasteiger partial charge is 0.0917 e. The summed E-state index contributed by atoms with van der Waals surface area (Å²) in [6.45, 7) is 9.04. The molecule has 0 aromatic heterocycles. The predicted octanol–water partition coefficient (Wildman–Crippen LogP) is 4.25. The molecule has 0 aliphatic carbocycles. The van der Waals surface area contributed by atoms with Crippen LogP contribution in [-0.2, 0) is 6.54 Å². The van der Waals surface area contributed by atoms with Gasteiger partial charge in [-0.2, -0.15) is 0 Å². The van der Waals surface area contributed by atoms with E-state index in [0.29, 0.717) is 6.54 Å². The Morgan fingerprint density at radius 3 is 2.45 bits per heavy atom. The summed E-state index contributed by atoms with van der Waals surface area (Å²) in [6.07, 6.45) is 0.657. The van der Waals surface area contributed by atoms with Gasteiger partial charge in [-0.3, -0.25) is 4.90 Å². The van der Waals surface area contributed by atoms with Gasteiger partial charge in [0.25, 0.3) is 0 Å². The molecule has 2 rings (SSSR count). The number of hydrogen-bond acceptors (Lipinski definition) is 2. The third-order valence-corrected chi connectivity index (χ3v) is 4.05. The van der Waals surface area contributed by atoms with Crippen LogP contribution >= 0.6 is 0 Å². The zero-order valence-corrected chi connectivity index (χ0v) is 13.9. The second kappa shape index (κ2) is 8.11. The van der Waals surface area contributed by atoms with E-state index in [0.717, 1.165) is 25.1 Å². The van der Waals surface area contributed by atoms with Crippen molar-refractivity contribution in [1.29, 1.82) is 0 Å². The third kappa shape index (κ3) is 4.69. The molecule has 0 saturated carbocycles. The van der Waals surface area contributed by atoms with Crippen molar-refractivity contribution in [3.63, 3.8) is 0 Å². The molecule has 1 N–H and O–H groups in total. The highest BCUT2D eigenvalue weighted by Crippen LogP contribution is 2.18. The van der Waals surface area contributed by atoms with E-state index in [4.69, 9.17) is 0 Å². The van der Waals surface area contributed by atoms with Crippen LogP contribution < -0.4 is 0 Å². The molecule has 2 heteroatoms. The van der Waals surface area contributed by atoms with Crippen molar-refractivity contribution in [2.75, 3.05) is 13.1 Å². The lowest BCUT2D eigenvalue weighted by Crippen LogP contribution is -2.29. The largest absolute Gasteiger partial charge is 0.387 e. The van der Waals surface area contributed by atoms with Crippen LogP contribution in [0.25, 0.3) is 0 Å². The monoisotopic (exact) mass is 297 g/mol. The Kier molecular flexibility index (Phi) is 6.17. The lowest BCUT2D eigenvalue weighted by Gasteiger charge is -2.26. The van der Waals surface area contributed by atoms with E-state index in [1.807, 2.05) is 30.3 Å². The molecule has 0 fully saturated rings. The Bertz CT molecular complexity index is 580. The van der Waals surface area contributed by atoms with E-state index in [2.05, 4.69) is 43.9 Å². The molecule has 1 atom stereocenters. The maximum absolute atomic E-state index is 10.5. The van der Waals surface area contributed by atoms with Crippen LogP contribution in [0.4, 0.5) is 0 Å². The van der Waals surface area contributed by atoms with Crippen LogP contribution in [0, 0.1) is 13.8 Å². The summed E-state index contributed by atoms with van der Waals surface area (Å²) in [5.74, 6) is 0. The number of aryl methyl sites for hydroxylation is 2. The van der Waals surface area contributed by atoms with Crippen LogP contribution in [0.2, 0.25) is 0 Å². The SMILES string of the molecule is CCCN(Cc1cc(C)ccc1C)C[C@@H](O)c1ccccc1. The molecule has 0 saturated heterocycles. The van der Waals surface area contributed by atoms with E-state index in [1.54, 1.807) is 0 Å². The minimum atomic E-state index is -0.433. The number of aliphatic hydroxyl groups is 1. The molecule has 0 unspecified atom stereocenters. The summed E-state index contributed by atoms with van der Waals surface area (Å²) >= 11 is 0. The molecule has 2 aromatic carbocycles. The van der Waals surface area contributed by atoms with Crippen molar-refractivity contribution >= 4 is 0 Å². The van der Waals surface area contributed by atoms with Gasteiger partial charge in [0.1, 0.15) is 0 Å². The van der Waals surface area contributed by atoms with Gasteiger partial charge in [0.15, 0.2) is 0 Å². The lowest BCUT2D eigenvalue weighted by molar-refractivity contribution is 0.109. The Morgan fingerprint density at radius 2 is 1.77 bits per heavy atom. The van der Waals surface area contributed by atoms with E-state index >= 15 is 0 Å². The summed E-state index contributed by atoms with van der Waals surface area (Å²) < 4.78 is 0. The first-order chi connectivity index (χ1) is 10.6. The van der Waals surface area contributed by atoms with E-state index < -0.39 is 6.10 Å². The van der Waals surface area contributed by atoms with Crippen molar-refractivity contribution in [3.8, 4) is 0 Å². The first kappa shape index (κ1) is 16.7. The average molecular weight is 297 g/mol. The lowest BCUT2D eigenvalue weighted by atomic mass is 10.0. The van der Waals surface area contributed by atoms with Crippen LogP contribution in [0.5, 0.6) is 0 Å². The second-order valence-corrected chi connectivity index (χ2v) is 6.09. The minimum absolute atomic E-state index is 0.433. The molecule has 0 amide bonds. The third-order valence-electron chi connectivity index (χ3n) is 4.05. The Hall–Kier alpha value is -1.64. The highest BCUT2D eigenvalue weighted by molar-refractivity contribution is 5.30. The van der Waals surface area contributed by atoms with Crippen LogP contribution in [0.1, 0.15) is 41.7 Å². The molecule has 0 bridgehead atoms. The zero-order valence-electron chi connectivity index (χ0n) is 13.9. The summed E-state index contributed by atoms with van der Waals surface area (Å²) in [5.41, 5.74) is 4.96. The molecule has 22 heavy (non-hydrogen) atoms. The van der Waals surface area contributed by atoms with Crippen LogP contribution in [0.15, 0.2) is 48.5 Å². The fourth-order valence-corrected chi connectivity index (χ4v) is 2.79. The first-order valence-electron chi connectivity index (χ1n) is 8.11. The van der Waals surface area contributed by atoms with Gasteiger partial charge in [-0.15, -0.1) is 0 Å². The molecule has 0 aliphatic rings. The fraction of sp³-hybridized carbons (Fsp3) is 0.400. The van der Waals surface area contributed by atoms with Gasteiger partial charge in [-0.1, -0.05) is 61.0 Å². The van der Waals surface area contributed by atoms with Gasteiger partial charge in [0.2, 0.25) is 0 Å². The molecular weight excluding hydrogens is 270 g/mol.